The lowest BCUT2D eigenvalue weighted by Crippen LogP contribution is -1.96. The molecule has 0 aliphatic rings. The monoisotopic (exact) mass is 306 g/mol. The van der Waals surface area contributed by atoms with E-state index in [0.29, 0.717) is 10.0 Å². The molecule has 0 heterocycles. The first-order chi connectivity index (χ1) is 9.47. The van der Waals surface area contributed by atoms with Gasteiger partial charge in [0.2, 0.25) is 0 Å². The van der Waals surface area contributed by atoms with Crippen LogP contribution in [0.1, 0.15) is 21.5 Å². The highest BCUT2D eigenvalue weighted by Gasteiger charge is 2.10. The maximum absolute atomic E-state index is 12.0. The van der Waals surface area contributed by atoms with Crippen molar-refractivity contribution >= 4 is 35.1 Å². The third-order valence-electron chi connectivity index (χ3n) is 2.84. The molecule has 0 fully saturated rings. The van der Waals surface area contributed by atoms with Gasteiger partial charge in [0.15, 0.2) is 5.78 Å². The number of hydrogen-bond acceptors (Lipinski definition) is 2. The smallest absolute Gasteiger partial charge is 0.189 e. The minimum atomic E-state index is -0.306. The van der Waals surface area contributed by atoms with Gasteiger partial charge in [-0.15, -0.1) is 0 Å². The average Bonchev–Trinajstić information content (AvgIpc) is 2.42. The molecule has 0 atom stereocenters. The Morgan fingerprint density at radius 2 is 1.80 bits per heavy atom. The Kier molecular flexibility index (Phi) is 4.48. The molecule has 1 N–H and O–H groups in total. The summed E-state index contributed by atoms with van der Waals surface area (Å²) in [6.45, 7) is 1.76. The van der Waals surface area contributed by atoms with E-state index in [1.807, 2.05) is 0 Å². The van der Waals surface area contributed by atoms with Crippen molar-refractivity contribution in [1.82, 2.24) is 0 Å². The standard InChI is InChI=1S/C16H12Cl2O2/c1-10-8-16(20)13(9-14(10)18)15(19)7-4-11-2-5-12(17)6-3-11/h2-9,20H,1H3/b7-4+. The molecule has 0 radical (unpaired) electrons. The van der Waals surface area contributed by atoms with Crippen molar-refractivity contribution in [3.05, 3.63) is 69.2 Å². The number of allylic oxidation sites excluding steroid dienone is 1. The highest BCUT2D eigenvalue weighted by Crippen LogP contribution is 2.26. The van der Waals surface area contributed by atoms with E-state index in [2.05, 4.69) is 0 Å². The normalized spacial score (nSPS) is 10.9. The molecule has 0 aliphatic heterocycles. The van der Waals surface area contributed by atoms with Crippen molar-refractivity contribution in [2.24, 2.45) is 0 Å². The van der Waals surface area contributed by atoms with Gasteiger partial charge in [-0.3, -0.25) is 4.79 Å². The number of carbonyl (C=O) groups is 1. The number of halogens is 2. The van der Waals surface area contributed by atoms with E-state index in [0.717, 1.165) is 11.1 Å². The number of carbonyl (C=O) groups excluding carboxylic acids is 1. The maximum atomic E-state index is 12.0. The Labute approximate surface area is 127 Å². The minimum Gasteiger partial charge on any atom is -0.507 e. The van der Waals surface area contributed by atoms with Gasteiger partial charge in [-0.2, -0.15) is 0 Å². The van der Waals surface area contributed by atoms with E-state index in [-0.39, 0.29) is 17.1 Å². The molecule has 0 spiro atoms. The first-order valence-electron chi connectivity index (χ1n) is 5.94. The second-order valence-corrected chi connectivity index (χ2v) is 5.21. The molecule has 4 heteroatoms. The number of phenolic OH excluding ortho intramolecular Hbond substituents is 1. The Balaban J connectivity index is 2.24. The van der Waals surface area contributed by atoms with Gasteiger partial charge in [0, 0.05) is 10.0 Å². The van der Waals surface area contributed by atoms with E-state index in [1.165, 1.54) is 18.2 Å². The van der Waals surface area contributed by atoms with Gasteiger partial charge in [-0.1, -0.05) is 41.4 Å². The second kappa shape index (κ2) is 6.12. The summed E-state index contributed by atoms with van der Waals surface area (Å²) in [4.78, 5) is 12.0. The molecule has 2 aromatic carbocycles. The molecular formula is C16H12Cl2O2. The van der Waals surface area contributed by atoms with Crippen LogP contribution in [0.5, 0.6) is 5.75 Å². The Bertz CT molecular complexity index is 674. The lowest BCUT2D eigenvalue weighted by Gasteiger charge is -2.04. The van der Waals surface area contributed by atoms with Gasteiger partial charge in [0.25, 0.3) is 0 Å². The van der Waals surface area contributed by atoms with Crippen LogP contribution in [0.2, 0.25) is 10.0 Å². The molecule has 20 heavy (non-hydrogen) atoms. The first-order valence-corrected chi connectivity index (χ1v) is 6.70. The average molecular weight is 307 g/mol. The summed E-state index contributed by atoms with van der Waals surface area (Å²) in [6.07, 6.45) is 3.05. The lowest BCUT2D eigenvalue weighted by molar-refractivity contribution is 0.104. The first kappa shape index (κ1) is 14.6. The molecule has 102 valence electrons. The molecule has 0 aromatic heterocycles. The summed E-state index contributed by atoms with van der Waals surface area (Å²) >= 11 is 11.7. The quantitative estimate of drug-likeness (QED) is 0.646. The molecular weight excluding hydrogens is 295 g/mol. The highest BCUT2D eigenvalue weighted by molar-refractivity contribution is 6.32. The van der Waals surface area contributed by atoms with Gasteiger partial charge in [-0.25, -0.2) is 0 Å². The van der Waals surface area contributed by atoms with Gasteiger partial charge in [-0.05, 0) is 48.4 Å². The van der Waals surface area contributed by atoms with Crippen molar-refractivity contribution in [3.8, 4) is 5.75 Å². The van der Waals surface area contributed by atoms with Crippen LogP contribution in [0.4, 0.5) is 0 Å². The number of benzene rings is 2. The van der Waals surface area contributed by atoms with Crippen LogP contribution < -0.4 is 0 Å². The van der Waals surface area contributed by atoms with Crippen LogP contribution >= 0.6 is 23.2 Å². The van der Waals surface area contributed by atoms with Crippen LogP contribution in [0.15, 0.2) is 42.5 Å². The van der Waals surface area contributed by atoms with Crippen molar-refractivity contribution in [3.63, 3.8) is 0 Å². The maximum Gasteiger partial charge on any atom is 0.189 e. The fourth-order valence-electron chi connectivity index (χ4n) is 1.70. The highest BCUT2D eigenvalue weighted by atomic mass is 35.5. The largest absolute Gasteiger partial charge is 0.507 e. The van der Waals surface area contributed by atoms with E-state index in [1.54, 1.807) is 37.3 Å². The number of rotatable bonds is 3. The van der Waals surface area contributed by atoms with E-state index >= 15 is 0 Å². The van der Waals surface area contributed by atoms with Crippen molar-refractivity contribution in [2.45, 2.75) is 6.92 Å². The van der Waals surface area contributed by atoms with Crippen molar-refractivity contribution in [1.29, 1.82) is 0 Å². The van der Waals surface area contributed by atoms with Crippen molar-refractivity contribution < 1.29 is 9.90 Å². The Morgan fingerprint density at radius 3 is 2.45 bits per heavy atom. The van der Waals surface area contributed by atoms with Crippen LogP contribution in [0.3, 0.4) is 0 Å². The molecule has 0 saturated carbocycles. The lowest BCUT2D eigenvalue weighted by atomic mass is 10.1. The summed E-state index contributed by atoms with van der Waals surface area (Å²) < 4.78 is 0. The van der Waals surface area contributed by atoms with Gasteiger partial charge >= 0.3 is 0 Å². The molecule has 0 saturated heterocycles. The molecule has 2 nitrogen and oxygen atoms in total. The fraction of sp³-hybridized carbons (Fsp3) is 0.0625. The van der Waals surface area contributed by atoms with Crippen LogP contribution in [-0.2, 0) is 0 Å². The fourth-order valence-corrected chi connectivity index (χ4v) is 1.99. The number of aromatic hydroxyl groups is 1. The zero-order valence-corrected chi connectivity index (χ0v) is 12.2. The van der Waals surface area contributed by atoms with Gasteiger partial charge in [0.1, 0.15) is 5.75 Å². The third kappa shape index (κ3) is 3.41. The summed E-state index contributed by atoms with van der Waals surface area (Å²) in [5, 5.41) is 10.9. The topological polar surface area (TPSA) is 37.3 Å². The Hall–Kier alpha value is -1.77. The number of ketones is 1. The molecule has 2 rings (SSSR count). The van der Waals surface area contributed by atoms with E-state index < -0.39 is 0 Å². The SMILES string of the molecule is Cc1cc(O)c(C(=O)/C=C/c2ccc(Cl)cc2)cc1Cl. The predicted molar refractivity (Wildman–Crippen MR) is 82.7 cm³/mol. The summed E-state index contributed by atoms with van der Waals surface area (Å²) in [7, 11) is 0. The predicted octanol–water partition coefficient (Wildman–Crippen LogP) is 4.90. The third-order valence-corrected chi connectivity index (χ3v) is 3.50. The number of hydrogen-bond donors (Lipinski definition) is 1. The molecule has 0 bridgehead atoms. The zero-order valence-electron chi connectivity index (χ0n) is 10.7. The summed E-state index contributed by atoms with van der Waals surface area (Å²) in [5.74, 6) is -0.378. The van der Waals surface area contributed by atoms with Crippen molar-refractivity contribution in [2.75, 3.05) is 0 Å². The molecule has 0 amide bonds. The van der Waals surface area contributed by atoms with Gasteiger partial charge in [0.05, 0.1) is 5.56 Å². The zero-order chi connectivity index (χ0) is 14.7. The molecule has 0 aliphatic carbocycles. The summed E-state index contributed by atoms with van der Waals surface area (Å²) in [6, 6.07) is 10.0. The van der Waals surface area contributed by atoms with E-state index in [4.69, 9.17) is 23.2 Å². The molecule has 2 aromatic rings. The van der Waals surface area contributed by atoms with Crippen LogP contribution in [0, 0.1) is 6.92 Å². The number of phenols is 1. The molecule has 0 unspecified atom stereocenters. The van der Waals surface area contributed by atoms with Crippen LogP contribution in [-0.4, -0.2) is 10.9 Å². The van der Waals surface area contributed by atoms with Crippen LogP contribution in [0.25, 0.3) is 6.08 Å². The Morgan fingerprint density at radius 1 is 1.15 bits per heavy atom. The summed E-state index contributed by atoms with van der Waals surface area (Å²) in [5.41, 5.74) is 1.76. The van der Waals surface area contributed by atoms with Gasteiger partial charge < -0.3 is 5.11 Å². The minimum absolute atomic E-state index is 0.0716. The number of aryl methyl sites for hydroxylation is 1. The van der Waals surface area contributed by atoms with E-state index in [9.17, 15) is 9.90 Å². The second-order valence-electron chi connectivity index (χ2n) is 4.37.